The molecular formula is C19H25NO3S. The van der Waals surface area contributed by atoms with Crippen molar-refractivity contribution in [2.75, 3.05) is 5.75 Å². The molecule has 1 aliphatic carbocycles. The molecule has 0 bridgehead atoms. The van der Waals surface area contributed by atoms with E-state index in [1.807, 2.05) is 0 Å². The summed E-state index contributed by atoms with van der Waals surface area (Å²) < 4.78 is 31.0. The summed E-state index contributed by atoms with van der Waals surface area (Å²) in [6.07, 6.45) is 13.8. The van der Waals surface area contributed by atoms with Gasteiger partial charge in [-0.15, -0.1) is 0 Å². The van der Waals surface area contributed by atoms with Crippen LogP contribution in [-0.2, 0) is 14.6 Å². The molecule has 1 atom stereocenters. The number of hydrogen-bond donors (Lipinski definition) is 0. The quantitative estimate of drug-likeness (QED) is 0.745. The topological polar surface area (TPSA) is 46.6 Å². The molecule has 1 spiro atoms. The third-order valence-electron chi connectivity index (χ3n) is 5.96. The maximum atomic E-state index is 12.3. The van der Waals surface area contributed by atoms with Gasteiger partial charge in [0.15, 0.2) is 9.84 Å². The molecule has 0 N–H and O–H groups in total. The predicted octanol–water partition coefficient (Wildman–Crippen LogP) is 4.35. The molecule has 130 valence electrons. The van der Waals surface area contributed by atoms with Crippen molar-refractivity contribution < 1.29 is 13.2 Å². The lowest BCUT2D eigenvalue weighted by atomic mass is 9.66. The van der Waals surface area contributed by atoms with Crippen LogP contribution in [0.25, 0.3) is 0 Å². The highest BCUT2D eigenvalue weighted by Gasteiger charge is 2.52. The lowest BCUT2D eigenvalue weighted by Gasteiger charge is -2.42. The zero-order chi connectivity index (χ0) is 16.9. The van der Waals surface area contributed by atoms with Gasteiger partial charge in [0.05, 0.1) is 21.8 Å². The molecule has 0 radical (unpaired) electrons. The molecule has 3 aliphatic heterocycles. The fourth-order valence-electron chi connectivity index (χ4n) is 4.47. The highest BCUT2D eigenvalue weighted by Crippen LogP contribution is 2.60. The van der Waals surface area contributed by atoms with Crippen molar-refractivity contribution in [2.24, 2.45) is 5.41 Å². The standard InChI is InChI=1S/C19H25NO3S/c1-3-24(21,22)14(2)17-12-19-10-6-4-8-15(19)13-20-11-7-5-9-16(20)18(19)23-17/h7,11,13H,3-6,8-10,12H2,1-2H3. The number of allylic oxidation sites excluding steroid dienone is 5. The van der Waals surface area contributed by atoms with Gasteiger partial charge in [-0.25, -0.2) is 8.42 Å². The molecule has 4 aliphatic rings. The smallest absolute Gasteiger partial charge is 0.177 e. The van der Waals surface area contributed by atoms with Crippen molar-refractivity contribution in [3.05, 3.63) is 46.2 Å². The van der Waals surface area contributed by atoms with E-state index in [2.05, 4.69) is 23.4 Å². The Morgan fingerprint density at radius 2 is 2.17 bits per heavy atom. The van der Waals surface area contributed by atoms with Crippen molar-refractivity contribution in [2.45, 2.75) is 58.8 Å². The number of rotatable bonds is 2. The Labute approximate surface area is 144 Å². The van der Waals surface area contributed by atoms with Crippen LogP contribution >= 0.6 is 0 Å². The molecule has 4 nitrogen and oxygen atoms in total. The number of fused-ring (bicyclic) bond motifs is 1. The van der Waals surface area contributed by atoms with Gasteiger partial charge in [0, 0.05) is 18.8 Å². The Hall–Kier alpha value is -1.49. The summed E-state index contributed by atoms with van der Waals surface area (Å²) in [5.74, 6) is 1.83. The molecular weight excluding hydrogens is 322 g/mol. The van der Waals surface area contributed by atoms with E-state index in [4.69, 9.17) is 4.74 Å². The monoisotopic (exact) mass is 347 g/mol. The third-order valence-corrected chi connectivity index (χ3v) is 7.88. The van der Waals surface area contributed by atoms with Gasteiger partial charge in [-0.3, -0.25) is 0 Å². The molecule has 0 amide bonds. The second-order valence-corrected chi connectivity index (χ2v) is 9.63. The van der Waals surface area contributed by atoms with E-state index in [1.165, 1.54) is 24.1 Å². The van der Waals surface area contributed by atoms with Crippen LogP contribution in [0.15, 0.2) is 46.2 Å². The molecule has 1 saturated heterocycles. The third kappa shape index (κ3) is 2.20. The van der Waals surface area contributed by atoms with E-state index < -0.39 is 9.84 Å². The summed E-state index contributed by atoms with van der Waals surface area (Å²) in [7, 11) is -3.21. The minimum absolute atomic E-state index is 0.0882. The molecule has 0 aromatic rings. The first-order chi connectivity index (χ1) is 11.5. The van der Waals surface area contributed by atoms with Gasteiger partial charge in [0.1, 0.15) is 11.5 Å². The molecule has 3 heterocycles. The van der Waals surface area contributed by atoms with Crippen LogP contribution in [0, 0.1) is 5.41 Å². The van der Waals surface area contributed by atoms with Crippen molar-refractivity contribution >= 4 is 9.84 Å². The zero-order valence-corrected chi connectivity index (χ0v) is 15.3. The summed E-state index contributed by atoms with van der Waals surface area (Å²) >= 11 is 0. The van der Waals surface area contributed by atoms with Gasteiger partial charge in [-0.2, -0.15) is 0 Å². The molecule has 1 saturated carbocycles. The van der Waals surface area contributed by atoms with Gasteiger partial charge in [0.2, 0.25) is 0 Å². The number of sulfone groups is 1. The maximum absolute atomic E-state index is 12.3. The highest BCUT2D eigenvalue weighted by molar-refractivity contribution is 7.95. The minimum Gasteiger partial charge on any atom is -0.462 e. The van der Waals surface area contributed by atoms with Crippen LogP contribution in [0.4, 0.5) is 0 Å². The average Bonchev–Trinajstić information content (AvgIpc) is 2.98. The van der Waals surface area contributed by atoms with Crippen molar-refractivity contribution in [1.82, 2.24) is 4.90 Å². The van der Waals surface area contributed by atoms with Crippen LogP contribution in [0.5, 0.6) is 0 Å². The lowest BCUT2D eigenvalue weighted by Crippen LogP contribution is -2.34. The van der Waals surface area contributed by atoms with Crippen LogP contribution < -0.4 is 0 Å². The fraction of sp³-hybridized carbons (Fsp3) is 0.579. The average molecular weight is 347 g/mol. The van der Waals surface area contributed by atoms with Crippen LogP contribution in [0.2, 0.25) is 0 Å². The Bertz CT molecular complexity index is 800. The lowest BCUT2D eigenvalue weighted by molar-refractivity contribution is 0.235. The SMILES string of the molecule is CCS(=O)(=O)C(C)=C1CC23CCCCC2=CN2C=CCCC2=C3O1. The Balaban J connectivity index is 1.87. The first-order valence-corrected chi connectivity index (χ1v) is 10.6. The molecule has 0 aromatic carbocycles. The molecule has 24 heavy (non-hydrogen) atoms. The number of nitrogens with zero attached hydrogens (tertiary/aromatic N) is 1. The van der Waals surface area contributed by atoms with Gasteiger partial charge >= 0.3 is 0 Å². The van der Waals surface area contributed by atoms with Crippen LogP contribution in [0.3, 0.4) is 0 Å². The van der Waals surface area contributed by atoms with Crippen molar-refractivity contribution in [3.8, 4) is 0 Å². The second-order valence-electron chi connectivity index (χ2n) is 7.21. The molecule has 4 rings (SSSR count). The van der Waals surface area contributed by atoms with Crippen molar-refractivity contribution in [1.29, 1.82) is 0 Å². The van der Waals surface area contributed by atoms with E-state index in [0.717, 1.165) is 31.4 Å². The molecule has 1 unspecified atom stereocenters. The highest BCUT2D eigenvalue weighted by atomic mass is 32.2. The number of ether oxygens (including phenoxy) is 1. The van der Waals surface area contributed by atoms with Crippen LogP contribution in [0.1, 0.15) is 58.8 Å². The van der Waals surface area contributed by atoms with E-state index in [-0.39, 0.29) is 11.2 Å². The largest absolute Gasteiger partial charge is 0.462 e. The van der Waals surface area contributed by atoms with E-state index in [1.54, 1.807) is 13.8 Å². The summed E-state index contributed by atoms with van der Waals surface area (Å²) in [5.41, 5.74) is 2.55. The summed E-state index contributed by atoms with van der Waals surface area (Å²) in [5, 5.41) is 0. The summed E-state index contributed by atoms with van der Waals surface area (Å²) in [4.78, 5) is 2.62. The summed E-state index contributed by atoms with van der Waals surface area (Å²) in [6.45, 7) is 3.40. The first-order valence-electron chi connectivity index (χ1n) is 8.98. The molecule has 0 aromatic heterocycles. The molecule has 5 heteroatoms. The summed E-state index contributed by atoms with van der Waals surface area (Å²) in [6, 6.07) is 0. The fourth-order valence-corrected chi connectivity index (χ4v) is 5.36. The van der Waals surface area contributed by atoms with E-state index >= 15 is 0 Å². The Morgan fingerprint density at radius 1 is 1.33 bits per heavy atom. The number of hydrogen-bond acceptors (Lipinski definition) is 4. The van der Waals surface area contributed by atoms with Crippen LogP contribution in [-0.4, -0.2) is 19.1 Å². The Kier molecular flexibility index (Phi) is 3.68. The van der Waals surface area contributed by atoms with E-state index in [9.17, 15) is 8.42 Å². The minimum atomic E-state index is -3.21. The normalized spacial score (nSPS) is 31.1. The first kappa shape index (κ1) is 16.0. The zero-order valence-electron chi connectivity index (χ0n) is 14.5. The van der Waals surface area contributed by atoms with Gasteiger partial charge in [0.25, 0.3) is 0 Å². The molecule has 2 fully saturated rings. The Morgan fingerprint density at radius 3 is 2.96 bits per heavy atom. The van der Waals surface area contributed by atoms with Gasteiger partial charge < -0.3 is 9.64 Å². The predicted molar refractivity (Wildman–Crippen MR) is 94.1 cm³/mol. The van der Waals surface area contributed by atoms with Gasteiger partial charge in [-0.1, -0.05) is 19.4 Å². The van der Waals surface area contributed by atoms with E-state index in [0.29, 0.717) is 17.1 Å². The van der Waals surface area contributed by atoms with Crippen molar-refractivity contribution in [3.63, 3.8) is 0 Å². The van der Waals surface area contributed by atoms with Gasteiger partial charge in [-0.05, 0) is 44.6 Å². The second kappa shape index (κ2) is 5.51. The maximum Gasteiger partial charge on any atom is 0.177 e.